The number of aromatic nitrogens is 3. The summed E-state index contributed by atoms with van der Waals surface area (Å²) >= 11 is 0. The Bertz CT molecular complexity index is 751. The van der Waals surface area contributed by atoms with Crippen LogP contribution >= 0.6 is 0 Å². The van der Waals surface area contributed by atoms with Crippen LogP contribution in [-0.4, -0.2) is 19.9 Å². The van der Waals surface area contributed by atoms with E-state index in [0.717, 1.165) is 16.8 Å². The number of hydrogen-bond acceptors (Lipinski definition) is 4. The maximum atomic E-state index is 10.7. The third-order valence-electron chi connectivity index (χ3n) is 3.17. The number of rotatable bonds is 4. The van der Waals surface area contributed by atoms with Crippen LogP contribution in [0.1, 0.15) is 5.56 Å². The Morgan fingerprint density at radius 3 is 2.43 bits per heavy atom. The molecule has 0 saturated carbocycles. The van der Waals surface area contributed by atoms with Crippen molar-refractivity contribution >= 4 is 5.69 Å². The van der Waals surface area contributed by atoms with E-state index >= 15 is 0 Å². The van der Waals surface area contributed by atoms with Crippen LogP contribution in [0.25, 0.3) is 11.3 Å². The summed E-state index contributed by atoms with van der Waals surface area (Å²) in [6, 6.07) is 16.3. The van der Waals surface area contributed by atoms with Gasteiger partial charge in [-0.25, -0.2) is 4.68 Å². The number of hydrogen-bond donors (Lipinski definition) is 0. The summed E-state index contributed by atoms with van der Waals surface area (Å²) in [5.41, 5.74) is 2.86. The lowest BCUT2D eigenvalue weighted by Crippen LogP contribution is -2.03. The summed E-state index contributed by atoms with van der Waals surface area (Å²) in [4.78, 5) is 10.3. The van der Waals surface area contributed by atoms with Gasteiger partial charge in [-0.3, -0.25) is 10.1 Å². The van der Waals surface area contributed by atoms with E-state index in [9.17, 15) is 10.1 Å². The van der Waals surface area contributed by atoms with E-state index in [-0.39, 0.29) is 5.69 Å². The predicted octanol–water partition coefficient (Wildman–Crippen LogP) is 2.90. The zero-order valence-electron chi connectivity index (χ0n) is 11.1. The second kappa shape index (κ2) is 5.54. The maximum absolute atomic E-state index is 10.7. The first-order chi connectivity index (χ1) is 10.2. The van der Waals surface area contributed by atoms with Crippen LogP contribution in [0.2, 0.25) is 0 Å². The maximum Gasteiger partial charge on any atom is 0.269 e. The van der Waals surface area contributed by atoms with Gasteiger partial charge >= 0.3 is 0 Å². The Hall–Kier alpha value is -3.02. The molecule has 6 nitrogen and oxygen atoms in total. The summed E-state index contributed by atoms with van der Waals surface area (Å²) in [6.45, 7) is 0.604. The molecule has 21 heavy (non-hydrogen) atoms. The van der Waals surface area contributed by atoms with E-state index in [1.807, 2.05) is 30.3 Å². The van der Waals surface area contributed by atoms with Crippen molar-refractivity contribution in [1.29, 1.82) is 0 Å². The van der Waals surface area contributed by atoms with Crippen molar-refractivity contribution in [3.63, 3.8) is 0 Å². The van der Waals surface area contributed by atoms with Crippen LogP contribution < -0.4 is 0 Å². The number of benzene rings is 2. The fourth-order valence-corrected chi connectivity index (χ4v) is 2.11. The number of nitro groups is 1. The first-order valence-corrected chi connectivity index (χ1v) is 6.41. The fraction of sp³-hybridized carbons (Fsp3) is 0.0667. The summed E-state index contributed by atoms with van der Waals surface area (Å²) in [6.07, 6.45) is 1.66. The van der Waals surface area contributed by atoms with Crippen LogP contribution in [0.5, 0.6) is 0 Å². The SMILES string of the molecule is O=[N+]([O-])c1ccc(-c2cnnn2Cc2ccccc2)cc1. The van der Waals surface area contributed by atoms with Gasteiger partial charge < -0.3 is 0 Å². The van der Waals surface area contributed by atoms with Gasteiger partial charge in [0.1, 0.15) is 0 Å². The van der Waals surface area contributed by atoms with Gasteiger partial charge in [-0.2, -0.15) is 0 Å². The highest BCUT2D eigenvalue weighted by atomic mass is 16.6. The van der Waals surface area contributed by atoms with Crippen LogP contribution in [0.4, 0.5) is 5.69 Å². The Morgan fingerprint density at radius 2 is 1.76 bits per heavy atom. The monoisotopic (exact) mass is 280 g/mol. The molecule has 0 amide bonds. The fourth-order valence-electron chi connectivity index (χ4n) is 2.11. The third-order valence-corrected chi connectivity index (χ3v) is 3.17. The smallest absolute Gasteiger partial charge is 0.258 e. The lowest BCUT2D eigenvalue weighted by atomic mass is 10.1. The molecule has 0 N–H and O–H groups in total. The van der Waals surface area contributed by atoms with Crippen LogP contribution in [-0.2, 0) is 6.54 Å². The number of nitrogens with zero attached hydrogens (tertiary/aromatic N) is 4. The molecule has 0 unspecified atom stereocenters. The van der Waals surface area contributed by atoms with E-state index in [2.05, 4.69) is 10.3 Å². The molecule has 0 saturated heterocycles. The van der Waals surface area contributed by atoms with Crippen molar-refractivity contribution in [3.05, 3.63) is 76.5 Å². The highest BCUT2D eigenvalue weighted by Gasteiger charge is 2.10. The van der Waals surface area contributed by atoms with Crippen molar-refractivity contribution in [3.8, 4) is 11.3 Å². The third kappa shape index (κ3) is 2.79. The lowest BCUT2D eigenvalue weighted by Gasteiger charge is -2.06. The predicted molar refractivity (Wildman–Crippen MR) is 77.7 cm³/mol. The van der Waals surface area contributed by atoms with Crippen molar-refractivity contribution in [1.82, 2.24) is 15.0 Å². The molecule has 0 spiro atoms. The first kappa shape index (κ1) is 13.0. The summed E-state index contributed by atoms with van der Waals surface area (Å²) < 4.78 is 1.77. The molecular weight excluding hydrogens is 268 g/mol. The lowest BCUT2D eigenvalue weighted by molar-refractivity contribution is -0.384. The molecule has 0 fully saturated rings. The molecule has 1 heterocycles. The van der Waals surface area contributed by atoms with Crippen molar-refractivity contribution in [2.24, 2.45) is 0 Å². The molecule has 0 aliphatic rings. The normalized spacial score (nSPS) is 10.5. The van der Waals surface area contributed by atoms with Gasteiger partial charge in [-0.1, -0.05) is 35.5 Å². The molecule has 2 aromatic carbocycles. The van der Waals surface area contributed by atoms with E-state index in [1.165, 1.54) is 12.1 Å². The Kier molecular flexibility index (Phi) is 3.42. The molecule has 0 aliphatic carbocycles. The molecule has 0 bridgehead atoms. The highest BCUT2D eigenvalue weighted by Crippen LogP contribution is 2.22. The minimum absolute atomic E-state index is 0.0702. The van der Waals surface area contributed by atoms with Crippen LogP contribution in [0, 0.1) is 10.1 Å². The van der Waals surface area contributed by atoms with Crippen molar-refractivity contribution < 1.29 is 4.92 Å². The second-order valence-electron chi connectivity index (χ2n) is 4.57. The molecule has 3 aromatic rings. The second-order valence-corrected chi connectivity index (χ2v) is 4.57. The van der Waals surface area contributed by atoms with Gasteiger partial charge in [0.2, 0.25) is 0 Å². The molecule has 6 heteroatoms. The molecule has 0 aliphatic heterocycles. The number of non-ortho nitro benzene ring substituents is 1. The minimum Gasteiger partial charge on any atom is -0.258 e. The van der Waals surface area contributed by atoms with Gasteiger partial charge in [-0.05, 0) is 17.7 Å². The molecule has 104 valence electrons. The first-order valence-electron chi connectivity index (χ1n) is 6.41. The van der Waals surface area contributed by atoms with Gasteiger partial charge in [-0.15, -0.1) is 5.10 Å². The van der Waals surface area contributed by atoms with Gasteiger partial charge in [0.25, 0.3) is 5.69 Å². The highest BCUT2D eigenvalue weighted by molar-refractivity contribution is 5.60. The zero-order chi connectivity index (χ0) is 14.7. The Balaban J connectivity index is 1.90. The average molecular weight is 280 g/mol. The summed E-state index contributed by atoms with van der Waals surface area (Å²) in [7, 11) is 0. The summed E-state index contributed by atoms with van der Waals surface area (Å²) in [5.74, 6) is 0. The van der Waals surface area contributed by atoms with Gasteiger partial charge in [0.05, 0.1) is 23.4 Å². The molecule has 0 radical (unpaired) electrons. The quantitative estimate of drug-likeness (QED) is 0.544. The van der Waals surface area contributed by atoms with E-state index in [1.54, 1.807) is 23.0 Å². The van der Waals surface area contributed by atoms with Crippen LogP contribution in [0.3, 0.4) is 0 Å². The minimum atomic E-state index is -0.413. The molecule has 0 atom stereocenters. The Labute approximate surface area is 120 Å². The van der Waals surface area contributed by atoms with E-state index in [4.69, 9.17) is 0 Å². The molecular formula is C15H12N4O2. The van der Waals surface area contributed by atoms with Crippen LogP contribution in [0.15, 0.2) is 60.8 Å². The largest absolute Gasteiger partial charge is 0.269 e. The standard InChI is InChI=1S/C15H12N4O2/c20-19(21)14-8-6-13(7-9-14)15-10-16-17-18(15)11-12-4-2-1-3-5-12/h1-10H,11H2. The molecule has 3 rings (SSSR count). The van der Waals surface area contributed by atoms with Gasteiger partial charge in [0, 0.05) is 17.7 Å². The topological polar surface area (TPSA) is 73.8 Å². The van der Waals surface area contributed by atoms with E-state index < -0.39 is 4.92 Å². The average Bonchev–Trinajstić information content (AvgIpc) is 2.96. The zero-order valence-corrected chi connectivity index (χ0v) is 11.1. The number of nitro benzene ring substituents is 1. The Morgan fingerprint density at radius 1 is 1.05 bits per heavy atom. The summed E-state index contributed by atoms with van der Waals surface area (Å²) in [5, 5.41) is 18.7. The van der Waals surface area contributed by atoms with E-state index in [0.29, 0.717) is 6.54 Å². The van der Waals surface area contributed by atoms with Gasteiger partial charge in [0.15, 0.2) is 0 Å². The van der Waals surface area contributed by atoms with Crippen molar-refractivity contribution in [2.75, 3.05) is 0 Å². The van der Waals surface area contributed by atoms with Crippen molar-refractivity contribution in [2.45, 2.75) is 6.54 Å². The molecule has 1 aromatic heterocycles.